The zero-order valence-electron chi connectivity index (χ0n) is 16.0. The summed E-state index contributed by atoms with van der Waals surface area (Å²) in [4.78, 5) is 12.0. The highest BCUT2D eigenvalue weighted by Crippen LogP contribution is 2.38. The molecule has 3 rings (SSSR count). The van der Waals surface area contributed by atoms with Crippen LogP contribution in [0, 0.1) is 6.92 Å². The maximum absolute atomic E-state index is 12.0. The van der Waals surface area contributed by atoms with Gasteiger partial charge in [0.05, 0.1) is 0 Å². The molecule has 26 heavy (non-hydrogen) atoms. The molecule has 2 nitrogen and oxygen atoms in total. The summed E-state index contributed by atoms with van der Waals surface area (Å²) in [7, 11) is -2.27. The lowest BCUT2D eigenvalue weighted by atomic mass is 10.2. The van der Waals surface area contributed by atoms with Crippen molar-refractivity contribution in [1.82, 2.24) is 0 Å². The molecule has 0 saturated carbocycles. The van der Waals surface area contributed by atoms with Gasteiger partial charge in [-0.15, -0.1) is 0 Å². The third-order valence-corrected chi connectivity index (χ3v) is 11.3. The molecule has 134 valence electrons. The fourth-order valence-corrected chi connectivity index (χ4v) is 9.19. The SMILES string of the molecule is Cc1cc(C[Si](c2ccccc2)(c2ccccc2)C(C)(C)C)oc(=O)c1. The molecule has 3 heteroatoms. The Hall–Kier alpha value is -2.39. The maximum Gasteiger partial charge on any atom is 0.336 e. The predicted molar refractivity (Wildman–Crippen MR) is 111 cm³/mol. The van der Waals surface area contributed by atoms with Crippen LogP contribution in [0.25, 0.3) is 0 Å². The summed E-state index contributed by atoms with van der Waals surface area (Å²) in [6, 6.07) is 25.8. The number of hydrogen-bond acceptors (Lipinski definition) is 2. The Kier molecular flexibility index (Phi) is 5.01. The third kappa shape index (κ3) is 3.45. The highest BCUT2D eigenvalue weighted by atomic mass is 28.3. The van der Waals surface area contributed by atoms with E-state index in [0.29, 0.717) is 0 Å². The van der Waals surface area contributed by atoms with E-state index in [0.717, 1.165) is 17.4 Å². The van der Waals surface area contributed by atoms with E-state index in [2.05, 4.69) is 81.4 Å². The summed E-state index contributed by atoms with van der Waals surface area (Å²) in [5.74, 6) is 0.782. The van der Waals surface area contributed by atoms with Gasteiger partial charge in [0, 0.05) is 12.1 Å². The van der Waals surface area contributed by atoms with Gasteiger partial charge in [0.1, 0.15) is 13.8 Å². The van der Waals surface area contributed by atoms with E-state index in [9.17, 15) is 4.79 Å². The van der Waals surface area contributed by atoms with Gasteiger partial charge < -0.3 is 4.42 Å². The molecular formula is C23H26O2Si. The molecule has 1 heterocycles. The molecule has 2 aromatic carbocycles. The molecule has 0 N–H and O–H groups in total. The highest BCUT2D eigenvalue weighted by Gasteiger charge is 2.48. The van der Waals surface area contributed by atoms with Crippen molar-refractivity contribution in [3.63, 3.8) is 0 Å². The second-order valence-corrected chi connectivity index (χ2v) is 12.8. The molecule has 0 unspecified atom stereocenters. The zero-order chi connectivity index (χ0) is 18.8. The molecule has 0 saturated heterocycles. The molecular weight excluding hydrogens is 336 g/mol. The Labute approximate surface area is 156 Å². The molecule has 0 spiro atoms. The molecule has 0 fully saturated rings. The Bertz CT molecular complexity index is 882. The number of benzene rings is 2. The fraction of sp³-hybridized carbons (Fsp3) is 0.261. The lowest BCUT2D eigenvalue weighted by molar-refractivity contribution is 0.470. The van der Waals surface area contributed by atoms with Crippen LogP contribution in [-0.2, 0) is 6.04 Å². The molecule has 0 aliphatic heterocycles. The topological polar surface area (TPSA) is 30.2 Å². The van der Waals surface area contributed by atoms with Crippen molar-refractivity contribution in [1.29, 1.82) is 0 Å². The average molecular weight is 363 g/mol. The quantitative estimate of drug-likeness (QED) is 0.654. The Morgan fingerprint density at radius 1 is 0.846 bits per heavy atom. The van der Waals surface area contributed by atoms with Crippen LogP contribution in [0.15, 0.2) is 82.0 Å². The van der Waals surface area contributed by atoms with E-state index in [1.807, 2.05) is 13.0 Å². The average Bonchev–Trinajstić information content (AvgIpc) is 2.59. The first-order valence-electron chi connectivity index (χ1n) is 9.05. The number of hydrogen-bond donors (Lipinski definition) is 0. The van der Waals surface area contributed by atoms with Gasteiger partial charge in [-0.2, -0.15) is 0 Å². The van der Waals surface area contributed by atoms with Crippen LogP contribution >= 0.6 is 0 Å². The second kappa shape index (κ2) is 7.08. The molecule has 0 aliphatic rings. The van der Waals surface area contributed by atoms with Crippen molar-refractivity contribution in [3.8, 4) is 0 Å². The van der Waals surface area contributed by atoms with E-state index in [1.165, 1.54) is 10.4 Å². The summed E-state index contributed by atoms with van der Waals surface area (Å²) in [5, 5.41) is 2.77. The maximum atomic E-state index is 12.0. The number of rotatable bonds is 4. The molecule has 0 bridgehead atoms. The van der Waals surface area contributed by atoms with Crippen LogP contribution in [0.1, 0.15) is 32.1 Å². The molecule has 1 aromatic heterocycles. The van der Waals surface area contributed by atoms with E-state index in [4.69, 9.17) is 4.42 Å². The third-order valence-electron chi connectivity index (χ3n) is 5.22. The van der Waals surface area contributed by atoms with E-state index in [1.54, 1.807) is 6.07 Å². The smallest absolute Gasteiger partial charge is 0.336 e. The van der Waals surface area contributed by atoms with Gasteiger partial charge in [0.15, 0.2) is 0 Å². The first kappa shape index (κ1) is 18.4. The lowest BCUT2D eigenvalue weighted by Crippen LogP contribution is -2.66. The molecule has 0 aliphatic carbocycles. The summed E-state index contributed by atoms with van der Waals surface area (Å²) in [6.45, 7) is 8.89. The van der Waals surface area contributed by atoms with Crippen molar-refractivity contribution in [2.75, 3.05) is 0 Å². The highest BCUT2D eigenvalue weighted by molar-refractivity contribution is 7.03. The zero-order valence-corrected chi connectivity index (χ0v) is 17.0. The van der Waals surface area contributed by atoms with Gasteiger partial charge in [0.2, 0.25) is 0 Å². The van der Waals surface area contributed by atoms with Crippen LogP contribution in [0.4, 0.5) is 0 Å². The summed E-state index contributed by atoms with van der Waals surface area (Å²) in [5.41, 5.74) is 0.687. The van der Waals surface area contributed by atoms with E-state index in [-0.39, 0.29) is 10.7 Å². The molecule has 0 amide bonds. The van der Waals surface area contributed by atoms with Crippen molar-refractivity contribution >= 4 is 18.4 Å². The van der Waals surface area contributed by atoms with Crippen molar-refractivity contribution in [2.45, 2.75) is 38.8 Å². The monoisotopic (exact) mass is 362 g/mol. The Balaban J connectivity index is 2.29. The normalized spacial score (nSPS) is 12.2. The van der Waals surface area contributed by atoms with Crippen molar-refractivity contribution < 1.29 is 4.42 Å². The van der Waals surface area contributed by atoms with Crippen LogP contribution in [0.5, 0.6) is 0 Å². The van der Waals surface area contributed by atoms with Crippen molar-refractivity contribution in [2.24, 2.45) is 0 Å². The molecule has 0 atom stereocenters. The van der Waals surface area contributed by atoms with Gasteiger partial charge in [0.25, 0.3) is 0 Å². The Morgan fingerprint density at radius 3 is 1.77 bits per heavy atom. The summed E-state index contributed by atoms with van der Waals surface area (Å²) < 4.78 is 5.63. The van der Waals surface area contributed by atoms with Crippen LogP contribution in [0.3, 0.4) is 0 Å². The predicted octanol–water partition coefficient (Wildman–Crippen LogP) is 4.09. The standard InChI is InChI=1S/C23H26O2Si/c1-18-15-19(25-22(24)16-18)17-26(23(2,3)4,20-11-7-5-8-12-20)21-13-9-6-10-14-21/h5-16H,17H2,1-4H3. The first-order valence-corrected chi connectivity index (χ1v) is 11.3. The van der Waals surface area contributed by atoms with Gasteiger partial charge in [-0.05, 0) is 23.6 Å². The van der Waals surface area contributed by atoms with Crippen LogP contribution in [-0.4, -0.2) is 8.07 Å². The van der Waals surface area contributed by atoms with Crippen molar-refractivity contribution in [3.05, 3.63) is 94.5 Å². The summed E-state index contributed by atoms with van der Waals surface area (Å²) >= 11 is 0. The molecule has 0 radical (unpaired) electrons. The Morgan fingerprint density at radius 2 is 1.35 bits per heavy atom. The van der Waals surface area contributed by atoms with Gasteiger partial charge >= 0.3 is 5.63 Å². The fourth-order valence-electron chi connectivity index (χ4n) is 3.97. The minimum atomic E-state index is -2.27. The van der Waals surface area contributed by atoms with Gasteiger partial charge in [-0.1, -0.05) is 91.8 Å². The minimum absolute atomic E-state index is 0.0397. The van der Waals surface area contributed by atoms with E-state index >= 15 is 0 Å². The molecule has 3 aromatic rings. The van der Waals surface area contributed by atoms with Gasteiger partial charge in [-0.25, -0.2) is 4.79 Å². The van der Waals surface area contributed by atoms with E-state index < -0.39 is 8.07 Å². The number of aryl methyl sites for hydroxylation is 1. The van der Waals surface area contributed by atoms with Crippen LogP contribution in [0.2, 0.25) is 5.04 Å². The first-order chi connectivity index (χ1) is 12.3. The minimum Gasteiger partial charge on any atom is -0.428 e. The van der Waals surface area contributed by atoms with Gasteiger partial charge in [-0.3, -0.25) is 0 Å². The largest absolute Gasteiger partial charge is 0.428 e. The van der Waals surface area contributed by atoms with Crippen LogP contribution < -0.4 is 16.0 Å². The lowest BCUT2D eigenvalue weighted by Gasteiger charge is -2.44. The second-order valence-electron chi connectivity index (χ2n) is 7.98. The summed E-state index contributed by atoms with van der Waals surface area (Å²) in [6.07, 6.45) is 0.